The van der Waals surface area contributed by atoms with Crippen LogP contribution in [-0.2, 0) is 4.79 Å². The standard InChI is InChI=1S/C17H25BrN2O/c1-17(2,3)12-6-4-11(5-7-12)16(21)20-15-9-8-13(18)10-14(15)19/h8-12H,4-7,19H2,1-3H3,(H,20,21). The molecule has 1 aromatic rings. The fourth-order valence-electron chi connectivity index (χ4n) is 3.10. The van der Waals surface area contributed by atoms with Gasteiger partial charge in [-0.15, -0.1) is 0 Å². The Morgan fingerprint density at radius 3 is 2.38 bits per heavy atom. The van der Waals surface area contributed by atoms with E-state index < -0.39 is 0 Å². The van der Waals surface area contributed by atoms with Gasteiger partial charge in [-0.1, -0.05) is 36.7 Å². The van der Waals surface area contributed by atoms with Gasteiger partial charge in [0, 0.05) is 10.4 Å². The summed E-state index contributed by atoms with van der Waals surface area (Å²) in [5.74, 6) is 0.947. The molecule has 1 saturated carbocycles. The minimum absolute atomic E-state index is 0.108. The highest BCUT2D eigenvalue weighted by molar-refractivity contribution is 9.10. The zero-order chi connectivity index (χ0) is 15.6. The summed E-state index contributed by atoms with van der Waals surface area (Å²) in [6.07, 6.45) is 4.23. The van der Waals surface area contributed by atoms with Gasteiger partial charge in [-0.3, -0.25) is 4.79 Å². The molecular weight excluding hydrogens is 328 g/mol. The number of carbonyl (C=O) groups is 1. The van der Waals surface area contributed by atoms with Crippen LogP contribution >= 0.6 is 15.9 Å². The molecule has 0 aromatic heterocycles. The molecule has 2 rings (SSSR count). The van der Waals surface area contributed by atoms with Gasteiger partial charge in [0.25, 0.3) is 0 Å². The zero-order valence-corrected chi connectivity index (χ0v) is 14.7. The summed E-state index contributed by atoms with van der Waals surface area (Å²) >= 11 is 3.37. The van der Waals surface area contributed by atoms with Gasteiger partial charge in [0.2, 0.25) is 5.91 Å². The van der Waals surface area contributed by atoms with Crippen LogP contribution in [0.1, 0.15) is 46.5 Å². The van der Waals surface area contributed by atoms with Crippen LogP contribution in [0.25, 0.3) is 0 Å². The fourth-order valence-corrected chi connectivity index (χ4v) is 3.48. The maximum absolute atomic E-state index is 12.4. The van der Waals surface area contributed by atoms with E-state index in [9.17, 15) is 4.79 Å². The molecule has 0 radical (unpaired) electrons. The number of hydrogen-bond donors (Lipinski definition) is 2. The lowest BCUT2D eigenvalue weighted by Crippen LogP contribution is -2.31. The van der Waals surface area contributed by atoms with Crippen molar-refractivity contribution in [3.05, 3.63) is 22.7 Å². The molecule has 0 spiro atoms. The van der Waals surface area contributed by atoms with Crippen LogP contribution in [0.2, 0.25) is 0 Å². The van der Waals surface area contributed by atoms with Crippen molar-refractivity contribution < 1.29 is 4.79 Å². The minimum Gasteiger partial charge on any atom is -0.397 e. The average Bonchev–Trinajstić information content (AvgIpc) is 2.41. The molecule has 4 heteroatoms. The lowest BCUT2D eigenvalue weighted by Gasteiger charge is -2.36. The number of carbonyl (C=O) groups excluding carboxylic acids is 1. The summed E-state index contributed by atoms with van der Waals surface area (Å²) < 4.78 is 0.920. The highest BCUT2D eigenvalue weighted by Gasteiger charge is 2.32. The number of nitrogen functional groups attached to an aromatic ring is 1. The smallest absolute Gasteiger partial charge is 0.227 e. The summed E-state index contributed by atoms with van der Waals surface area (Å²) in [6, 6.07) is 5.55. The van der Waals surface area contributed by atoms with Crippen LogP contribution in [0, 0.1) is 17.3 Å². The van der Waals surface area contributed by atoms with E-state index in [2.05, 4.69) is 42.0 Å². The second-order valence-corrected chi connectivity index (χ2v) is 8.05. The maximum atomic E-state index is 12.4. The molecular formula is C17H25BrN2O. The lowest BCUT2D eigenvalue weighted by atomic mass is 9.69. The monoisotopic (exact) mass is 352 g/mol. The summed E-state index contributed by atoms with van der Waals surface area (Å²) in [5.41, 5.74) is 7.59. The Labute approximate surface area is 135 Å². The predicted molar refractivity (Wildman–Crippen MR) is 92.1 cm³/mol. The maximum Gasteiger partial charge on any atom is 0.227 e. The van der Waals surface area contributed by atoms with Crippen molar-refractivity contribution in [1.82, 2.24) is 0 Å². The molecule has 0 saturated heterocycles. The Bertz CT molecular complexity index is 514. The molecule has 1 aliphatic rings. The zero-order valence-electron chi connectivity index (χ0n) is 13.1. The van der Waals surface area contributed by atoms with Gasteiger partial charge >= 0.3 is 0 Å². The minimum atomic E-state index is 0.108. The van der Waals surface area contributed by atoms with Crippen molar-refractivity contribution >= 4 is 33.2 Å². The van der Waals surface area contributed by atoms with E-state index in [1.807, 2.05) is 18.2 Å². The van der Waals surface area contributed by atoms with Gasteiger partial charge in [0.15, 0.2) is 0 Å². The van der Waals surface area contributed by atoms with Crippen LogP contribution in [0.15, 0.2) is 22.7 Å². The van der Waals surface area contributed by atoms with Gasteiger partial charge in [-0.2, -0.15) is 0 Å². The predicted octanol–water partition coefficient (Wildman–Crippen LogP) is 4.82. The van der Waals surface area contributed by atoms with Crippen LogP contribution in [-0.4, -0.2) is 5.91 Å². The van der Waals surface area contributed by atoms with Crippen molar-refractivity contribution in [1.29, 1.82) is 0 Å². The van der Waals surface area contributed by atoms with Gasteiger partial charge in [0.05, 0.1) is 11.4 Å². The highest BCUT2D eigenvalue weighted by Crippen LogP contribution is 2.40. The first-order valence-electron chi connectivity index (χ1n) is 7.63. The number of halogens is 1. The molecule has 116 valence electrons. The summed E-state index contributed by atoms with van der Waals surface area (Å²) in [6.45, 7) is 6.88. The molecule has 0 unspecified atom stereocenters. The molecule has 1 fully saturated rings. The summed E-state index contributed by atoms with van der Waals surface area (Å²) in [5, 5.41) is 2.98. The topological polar surface area (TPSA) is 55.1 Å². The van der Waals surface area contributed by atoms with Crippen molar-refractivity contribution in [3.63, 3.8) is 0 Å². The quantitative estimate of drug-likeness (QED) is 0.749. The normalized spacial score (nSPS) is 22.9. The largest absolute Gasteiger partial charge is 0.397 e. The molecule has 3 nitrogen and oxygen atoms in total. The highest BCUT2D eigenvalue weighted by atomic mass is 79.9. The molecule has 0 heterocycles. The van der Waals surface area contributed by atoms with Gasteiger partial charge in [0.1, 0.15) is 0 Å². The number of nitrogens with one attached hydrogen (secondary N) is 1. The number of hydrogen-bond acceptors (Lipinski definition) is 2. The number of amides is 1. The van der Waals surface area contributed by atoms with E-state index in [4.69, 9.17) is 5.73 Å². The SMILES string of the molecule is CC(C)(C)C1CCC(C(=O)Nc2ccc(Br)cc2N)CC1. The van der Waals surface area contributed by atoms with Gasteiger partial charge in [-0.25, -0.2) is 0 Å². The summed E-state index contributed by atoms with van der Waals surface area (Å²) in [7, 11) is 0. The summed E-state index contributed by atoms with van der Waals surface area (Å²) in [4.78, 5) is 12.4. The van der Waals surface area contributed by atoms with Crippen molar-refractivity contribution in [2.75, 3.05) is 11.1 Å². The van der Waals surface area contributed by atoms with Crippen LogP contribution in [0.3, 0.4) is 0 Å². The molecule has 1 aliphatic carbocycles. The van der Waals surface area contributed by atoms with Crippen LogP contribution in [0.5, 0.6) is 0 Å². The molecule has 1 aromatic carbocycles. The van der Waals surface area contributed by atoms with E-state index >= 15 is 0 Å². The Morgan fingerprint density at radius 2 is 1.86 bits per heavy atom. The molecule has 0 atom stereocenters. The van der Waals surface area contributed by atoms with Gasteiger partial charge < -0.3 is 11.1 Å². The molecule has 0 bridgehead atoms. The van der Waals surface area contributed by atoms with E-state index in [1.165, 1.54) is 0 Å². The van der Waals surface area contributed by atoms with E-state index in [0.29, 0.717) is 16.8 Å². The number of benzene rings is 1. The third-order valence-electron chi connectivity index (χ3n) is 4.59. The van der Waals surface area contributed by atoms with E-state index in [1.54, 1.807) is 0 Å². The van der Waals surface area contributed by atoms with Crippen molar-refractivity contribution in [2.24, 2.45) is 17.3 Å². The van der Waals surface area contributed by atoms with E-state index in [-0.39, 0.29) is 11.8 Å². The number of anilines is 2. The number of nitrogens with two attached hydrogens (primary N) is 1. The van der Waals surface area contributed by atoms with Crippen molar-refractivity contribution in [3.8, 4) is 0 Å². The lowest BCUT2D eigenvalue weighted by molar-refractivity contribution is -0.121. The Hall–Kier alpha value is -1.03. The third kappa shape index (κ3) is 4.22. The molecule has 0 aliphatic heterocycles. The Balaban J connectivity index is 1.93. The second-order valence-electron chi connectivity index (χ2n) is 7.14. The first kappa shape index (κ1) is 16.3. The van der Waals surface area contributed by atoms with Crippen LogP contribution in [0.4, 0.5) is 11.4 Å². The fraction of sp³-hybridized carbons (Fsp3) is 0.588. The van der Waals surface area contributed by atoms with Crippen molar-refractivity contribution in [2.45, 2.75) is 46.5 Å². The van der Waals surface area contributed by atoms with E-state index in [0.717, 1.165) is 36.1 Å². The molecule has 21 heavy (non-hydrogen) atoms. The Morgan fingerprint density at radius 1 is 1.24 bits per heavy atom. The van der Waals surface area contributed by atoms with Gasteiger partial charge in [-0.05, 0) is 55.2 Å². The third-order valence-corrected chi connectivity index (χ3v) is 5.09. The Kier molecular flexibility index (Phi) is 4.97. The second kappa shape index (κ2) is 6.39. The van der Waals surface area contributed by atoms with Crippen LogP contribution < -0.4 is 11.1 Å². The first-order valence-corrected chi connectivity index (χ1v) is 8.42. The molecule has 3 N–H and O–H groups in total. The average molecular weight is 353 g/mol. The first-order chi connectivity index (χ1) is 9.77. The number of rotatable bonds is 2. The molecule has 1 amide bonds.